The van der Waals surface area contributed by atoms with Gasteiger partial charge in [0.2, 0.25) is 0 Å². The fourth-order valence-corrected chi connectivity index (χ4v) is 1.51. The van der Waals surface area contributed by atoms with Gasteiger partial charge in [0, 0.05) is 36.3 Å². The van der Waals surface area contributed by atoms with Crippen LogP contribution in [0.15, 0.2) is 24.3 Å². The quantitative estimate of drug-likeness (QED) is 0.736. The fraction of sp³-hybridized carbons (Fsp3) is 0.364. The molecule has 2 nitrogen and oxygen atoms in total. The Morgan fingerprint density at radius 2 is 2.13 bits per heavy atom. The van der Waals surface area contributed by atoms with Crippen LogP contribution in [-0.2, 0) is 0 Å². The van der Waals surface area contributed by atoms with Gasteiger partial charge in [0.25, 0.3) is 5.92 Å². The van der Waals surface area contributed by atoms with Crippen LogP contribution >= 0.6 is 0 Å². The van der Waals surface area contributed by atoms with E-state index in [1.807, 2.05) is 12.1 Å². The molecule has 4 heteroatoms. The number of benzene rings is 1. The van der Waals surface area contributed by atoms with Crippen LogP contribution in [0.3, 0.4) is 0 Å². The second-order valence-electron chi connectivity index (χ2n) is 3.77. The normalized spacial score (nSPS) is 22.1. The van der Waals surface area contributed by atoms with Crippen molar-refractivity contribution in [3.05, 3.63) is 29.8 Å². The number of rotatable bonds is 4. The van der Waals surface area contributed by atoms with Gasteiger partial charge in [0.15, 0.2) is 0 Å². The van der Waals surface area contributed by atoms with Crippen molar-refractivity contribution in [3.8, 4) is 0 Å². The molecule has 0 aromatic heterocycles. The van der Waals surface area contributed by atoms with Crippen LogP contribution in [-0.4, -0.2) is 18.7 Å². The third kappa shape index (κ3) is 2.14. The second kappa shape index (κ2) is 3.61. The van der Waals surface area contributed by atoms with Gasteiger partial charge in [-0.3, -0.25) is 0 Å². The zero-order valence-corrected chi connectivity index (χ0v) is 8.13. The number of nitrogens with one attached hydrogen (secondary N) is 2. The van der Waals surface area contributed by atoms with E-state index in [1.54, 1.807) is 12.1 Å². The zero-order valence-electron chi connectivity index (χ0n) is 8.13. The maximum Gasteiger partial charge on any atom is 0.253 e. The first-order chi connectivity index (χ1) is 7.13. The van der Waals surface area contributed by atoms with Crippen LogP contribution in [0.5, 0.6) is 0 Å². The first-order valence-electron chi connectivity index (χ1n) is 4.84. The Morgan fingerprint density at radius 3 is 2.73 bits per heavy atom. The highest BCUT2D eigenvalue weighted by Gasteiger charge is 2.56. The molecule has 1 atom stereocenters. The first-order valence-corrected chi connectivity index (χ1v) is 4.84. The Kier molecular flexibility index (Phi) is 2.42. The van der Waals surface area contributed by atoms with Gasteiger partial charge in [0.05, 0.1) is 0 Å². The highest BCUT2D eigenvalue weighted by atomic mass is 19.3. The number of anilines is 1. The maximum atomic E-state index is 12.6. The molecule has 2 N–H and O–H groups in total. The number of para-hydroxylation sites is 1. The molecule has 0 bridgehead atoms. The Morgan fingerprint density at radius 1 is 1.47 bits per heavy atom. The van der Waals surface area contributed by atoms with Crippen LogP contribution in [0.25, 0.3) is 0 Å². The Balaban J connectivity index is 1.96. The molecule has 1 fully saturated rings. The van der Waals surface area contributed by atoms with Gasteiger partial charge in [0.1, 0.15) is 0 Å². The molecule has 1 aliphatic carbocycles. The van der Waals surface area contributed by atoms with E-state index in [1.165, 1.54) is 6.21 Å². The molecule has 1 unspecified atom stereocenters. The average Bonchev–Trinajstić information content (AvgIpc) is 2.84. The summed E-state index contributed by atoms with van der Waals surface area (Å²) in [5, 5.41) is 10.1. The second-order valence-corrected chi connectivity index (χ2v) is 3.77. The van der Waals surface area contributed by atoms with Crippen molar-refractivity contribution in [2.45, 2.75) is 12.3 Å². The SMILES string of the molecule is N=Cc1ccccc1NCC1CC1(F)F. The largest absolute Gasteiger partial charge is 0.384 e. The van der Waals surface area contributed by atoms with Crippen molar-refractivity contribution in [1.82, 2.24) is 0 Å². The maximum absolute atomic E-state index is 12.6. The molecular formula is C11H12F2N2. The lowest BCUT2D eigenvalue weighted by Crippen LogP contribution is -2.09. The van der Waals surface area contributed by atoms with Gasteiger partial charge in [-0.05, 0) is 6.07 Å². The summed E-state index contributed by atoms with van der Waals surface area (Å²) in [6.07, 6.45) is 1.19. The van der Waals surface area contributed by atoms with Crippen LogP contribution < -0.4 is 5.32 Å². The average molecular weight is 210 g/mol. The predicted molar refractivity (Wildman–Crippen MR) is 55.9 cm³/mol. The highest BCUT2D eigenvalue weighted by molar-refractivity contribution is 5.85. The van der Waals surface area contributed by atoms with Crippen LogP contribution in [0, 0.1) is 11.3 Å². The van der Waals surface area contributed by atoms with E-state index in [2.05, 4.69) is 5.32 Å². The lowest BCUT2D eigenvalue weighted by atomic mass is 10.2. The third-order valence-electron chi connectivity index (χ3n) is 2.61. The highest BCUT2D eigenvalue weighted by Crippen LogP contribution is 2.48. The summed E-state index contributed by atoms with van der Waals surface area (Å²) in [6, 6.07) is 7.21. The molecule has 0 saturated heterocycles. The molecule has 0 radical (unpaired) electrons. The van der Waals surface area contributed by atoms with E-state index in [0.29, 0.717) is 0 Å². The monoisotopic (exact) mass is 210 g/mol. The van der Waals surface area contributed by atoms with E-state index >= 15 is 0 Å². The standard InChI is InChI=1S/C11H12F2N2/c12-11(13)5-9(11)7-15-10-4-2-1-3-8(10)6-14/h1-4,6,9,14-15H,5,7H2. The number of alkyl halides is 2. The molecule has 0 heterocycles. The Hall–Kier alpha value is -1.45. The third-order valence-corrected chi connectivity index (χ3v) is 2.61. The summed E-state index contributed by atoms with van der Waals surface area (Å²) in [4.78, 5) is 0. The van der Waals surface area contributed by atoms with Gasteiger partial charge < -0.3 is 10.7 Å². The summed E-state index contributed by atoms with van der Waals surface area (Å²) in [5.41, 5.74) is 1.47. The minimum atomic E-state index is -2.48. The molecule has 0 amide bonds. The smallest absolute Gasteiger partial charge is 0.253 e. The minimum absolute atomic E-state index is 0.0211. The molecule has 80 valence electrons. The van der Waals surface area contributed by atoms with E-state index in [4.69, 9.17) is 5.41 Å². The molecule has 2 rings (SSSR count). The number of hydrogen-bond acceptors (Lipinski definition) is 2. The van der Waals surface area contributed by atoms with Crippen molar-refractivity contribution in [2.24, 2.45) is 5.92 Å². The molecule has 0 aliphatic heterocycles. The lowest BCUT2D eigenvalue weighted by molar-refractivity contribution is 0.101. The summed E-state index contributed by atoms with van der Waals surface area (Å²) < 4.78 is 25.2. The fourth-order valence-electron chi connectivity index (χ4n) is 1.51. The van der Waals surface area contributed by atoms with Crippen molar-refractivity contribution in [3.63, 3.8) is 0 Å². The Labute approximate surface area is 86.8 Å². The topological polar surface area (TPSA) is 35.9 Å². The van der Waals surface area contributed by atoms with Crippen molar-refractivity contribution in [2.75, 3.05) is 11.9 Å². The van der Waals surface area contributed by atoms with Crippen LogP contribution in [0.2, 0.25) is 0 Å². The molecule has 1 aromatic rings. The number of halogens is 2. The van der Waals surface area contributed by atoms with Gasteiger partial charge in [-0.2, -0.15) is 0 Å². The van der Waals surface area contributed by atoms with Gasteiger partial charge in [-0.1, -0.05) is 18.2 Å². The van der Waals surface area contributed by atoms with E-state index < -0.39 is 11.8 Å². The molecule has 1 aliphatic rings. The van der Waals surface area contributed by atoms with Crippen LogP contribution in [0.4, 0.5) is 14.5 Å². The van der Waals surface area contributed by atoms with Gasteiger partial charge in [-0.25, -0.2) is 8.78 Å². The summed E-state index contributed by atoms with van der Waals surface area (Å²) in [6.45, 7) is 0.276. The predicted octanol–water partition coefficient (Wildman–Crippen LogP) is 2.75. The van der Waals surface area contributed by atoms with E-state index in [0.717, 1.165) is 11.3 Å². The van der Waals surface area contributed by atoms with Crippen molar-refractivity contribution in [1.29, 1.82) is 5.41 Å². The summed E-state index contributed by atoms with van der Waals surface area (Å²) in [5.74, 6) is -3.02. The van der Waals surface area contributed by atoms with Crippen LogP contribution in [0.1, 0.15) is 12.0 Å². The molecule has 15 heavy (non-hydrogen) atoms. The minimum Gasteiger partial charge on any atom is -0.384 e. The molecule has 1 aromatic carbocycles. The summed E-state index contributed by atoms with van der Waals surface area (Å²) >= 11 is 0. The first kappa shape index (κ1) is 10.1. The van der Waals surface area contributed by atoms with Crippen molar-refractivity contribution < 1.29 is 8.78 Å². The van der Waals surface area contributed by atoms with E-state index in [-0.39, 0.29) is 13.0 Å². The molecule has 1 saturated carbocycles. The van der Waals surface area contributed by atoms with Gasteiger partial charge >= 0.3 is 0 Å². The zero-order chi connectivity index (χ0) is 10.9. The lowest BCUT2D eigenvalue weighted by Gasteiger charge is -2.08. The Bertz CT molecular complexity index is 377. The number of hydrogen-bond donors (Lipinski definition) is 2. The van der Waals surface area contributed by atoms with Gasteiger partial charge in [-0.15, -0.1) is 0 Å². The molecular weight excluding hydrogens is 198 g/mol. The molecule has 0 spiro atoms. The van der Waals surface area contributed by atoms with Crippen molar-refractivity contribution >= 4 is 11.9 Å². The summed E-state index contributed by atoms with van der Waals surface area (Å²) in [7, 11) is 0. The van der Waals surface area contributed by atoms with E-state index in [9.17, 15) is 8.78 Å².